The number of thiocarbonyl (C=S) groups is 1. The number of anilines is 1. The van der Waals surface area contributed by atoms with Crippen LogP contribution in [0.15, 0.2) is 103 Å². The van der Waals surface area contributed by atoms with Crippen LogP contribution in [0.3, 0.4) is 0 Å². The van der Waals surface area contributed by atoms with E-state index in [0.717, 1.165) is 44.3 Å². The molecule has 0 aliphatic carbocycles. The lowest BCUT2D eigenvalue weighted by Gasteiger charge is -2.25. The summed E-state index contributed by atoms with van der Waals surface area (Å²) in [4.78, 5) is 14.8. The van der Waals surface area contributed by atoms with Crippen molar-refractivity contribution < 1.29 is 19.6 Å². The van der Waals surface area contributed by atoms with Gasteiger partial charge in [0.25, 0.3) is 0 Å². The van der Waals surface area contributed by atoms with Crippen molar-refractivity contribution in [3.8, 4) is 11.5 Å². The standard InChI is InChI=1S/C42H51N5O3S/c1-4-46-36-19-13-11-17-34(36)42(2,3)39(46)20-8-5-7-16-33-30-32-15-10-12-18-35(32)47(33)28-14-6-9-21-40(50)43-26-27-45-41(51)44-25-24-31-22-23-37(48)38(49)29-31/h5,7-8,10-13,15-20,22-23,29H,4,6,9,14,21,24-28,30H2,1-3H3,(H4-,43,44,45,48,49,50,51)/p+1. The van der Waals surface area contributed by atoms with E-state index in [9.17, 15) is 15.0 Å². The van der Waals surface area contributed by atoms with E-state index in [1.807, 2.05) is 0 Å². The topological polar surface area (TPSA) is 99.9 Å². The molecule has 0 unspecified atom stereocenters. The average Bonchev–Trinajstić information content (AvgIpc) is 3.58. The smallest absolute Gasteiger partial charge is 0.220 e. The van der Waals surface area contributed by atoms with E-state index in [1.54, 1.807) is 6.07 Å². The fourth-order valence-electron chi connectivity index (χ4n) is 6.95. The normalized spacial score (nSPS) is 15.5. The van der Waals surface area contributed by atoms with E-state index in [2.05, 4.69) is 125 Å². The molecule has 0 saturated heterocycles. The number of carbonyl (C=O) groups is 1. The SMILES string of the molecule is CCN1/C(=C/C=C/C=C/C2=[N+](CCCCCC(=O)NCCNC(=S)NCCc3ccc(O)c(O)c3)c3ccccc3C2)C(C)(C)c2ccccc21. The fourth-order valence-corrected chi connectivity index (χ4v) is 7.15. The molecule has 0 saturated carbocycles. The van der Waals surface area contributed by atoms with E-state index < -0.39 is 0 Å². The zero-order valence-corrected chi connectivity index (χ0v) is 30.9. The van der Waals surface area contributed by atoms with Gasteiger partial charge in [0.1, 0.15) is 6.54 Å². The Morgan fingerprint density at radius 2 is 1.67 bits per heavy atom. The molecular formula is C42H52N5O3S+. The zero-order chi connectivity index (χ0) is 36.2. The summed E-state index contributed by atoms with van der Waals surface area (Å²) in [6.45, 7) is 10.3. The van der Waals surface area contributed by atoms with Crippen LogP contribution in [0.4, 0.5) is 11.4 Å². The molecule has 51 heavy (non-hydrogen) atoms. The van der Waals surface area contributed by atoms with Crippen LogP contribution in [0, 0.1) is 0 Å². The highest BCUT2D eigenvalue weighted by Crippen LogP contribution is 2.47. The van der Waals surface area contributed by atoms with Crippen molar-refractivity contribution >= 4 is 40.3 Å². The summed E-state index contributed by atoms with van der Waals surface area (Å²) in [5, 5.41) is 28.8. The molecule has 268 valence electrons. The van der Waals surface area contributed by atoms with Crippen molar-refractivity contribution in [1.82, 2.24) is 16.0 Å². The number of benzene rings is 3. The van der Waals surface area contributed by atoms with Gasteiger partial charge in [-0.25, -0.2) is 0 Å². The number of nitrogens with one attached hydrogen (secondary N) is 3. The van der Waals surface area contributed by atoms with Crippen molar-refractivity contribution in [2.45, 2.75) is 64.7 Å². The molecule has 2 aliphatic heterocycles. The third-order valence-electron chi connectivity index (χ3n) is 9.64. The monoisotopic (exact) mass is 706 g/mol. The van der Waals surface area contributed by atoms with Crippen molar-refractivity contribution in [3.05, 3.63) is 119 Å². The number of amides is 1. The number of unbranched alkanes of at least 4 members (excludes halogenated alkanes) is 2. The largest absolute Gasteiger partial charge is 0.504 e. The van der Waals surface area contributed by atoms with Gasteiger partial charge in [-0.05, 0) is 73.8 Å². The van der Waals surface area contributed by atoms with Crippen LogP contribution in [0.5, 0.6) is 11.5 Å². The van der Waals surface area contributed by atoms with Crippen molar-refractivity contribution in [2.75, 3.05) is 37.6 Å². The Kier molecular flexibility index (Phi) is 13.1. The second kappa shape index (κ2) is 17.9. The minimum atomic E-state index is -0.132. The molecule has 8 nitrogen and oxygen atoms in total. The quantitative estimate of drug-likeness (QED) is 0.0362. The van der Waals surface area contributed by atoms with Gasteiger partial charge in [-0.1, -0.05) is 74.5 Å². The fraction of sp³-hybridized carbons (Fsp3) is 0.357. The van der Waals surface area contributed by atoms with Gasteiger partial charge in [0.15, 0.2) is 22.3 Å². The highest BCUT2D eigenvalue weighted by molar-refractivity contribution is 7.80. The van der Waals surface area contributed by atoms with Gasteiger partial charge in [-0.3, -0.25) is 4.79 Å². The Bertz CT molecular complexity index is 1830. The van der Waals surface area contributed by atoms with Crippen LogP contribution >= 0.6 is 12.2 Å². The molecule has 0 bridgehead atoms. The number of hydrogen-bond acceptors (Lipinski definition) is 5. The van der Waals surface area contributed by atoms with Crippen LogP contribution < -0.4 is 20.9 Å². The third kappa shape index (κ3) is 9.67. The van der Waals surface area contributed by atoms with Gasteiger partial charge in [-0.2, -0.15) is 4.58 Å². The van der Waals surface area contributed by atoms with Crippen LogP contribution in [0.2, 0.25) is 0 Å². The molecule has 5 rings (SSSR count). The maximum atomic E-state index is 12.4. The summed E-state index contributed by atoms with van der Waals surface area (Å²) in [7, 11) is 0. The second-order valence-corrected chi connectivity index (χ2v) is 14.0. The molecule has 3 aromatic rings. The zero-order valence-electron chi connectivity index (χ0n) is 30.1. The highest BCUT2D eigenvalue weighted by atomic mass is 32.1. The van der Waals surface area contributed by atoms with E-state index >= 15 is 0 Å². The van der Waals surface area contributed by atoms with Crippen molar-refractivity contribution in [2.24, 2.45) is 0 Å². The van der Waals surface area contributed by atoms with E-state index in [-0.39, 0.29) is 22.8 Å². The summed E-state index contributed by atoms with van der Waals surface area (Å²) in [6, 6.07) is 22.1. The lowest BCUT2D eigenvalue weighted by atomic mass is 9.84. The predicted molar refractivity (Wildman–Crippen MR) is 212 cm³/mol. The van der Waals surface area contributed by atoms with Crippen LogP contribution in [0.1, 0.15) is 63.1 Å². The Hall–Kier alpha value is -4.89. The van der Waals surface area contributed by atoms with Crippen LogP contribution in [-0.2, 0) is 23.1 Å². The summed E-state index contributed by atoms with van der Waals surface area (Å²) >= 11 is 5.31. The molecule has 0 radical (unpaired) electrons. The molecule has 3 aromatic carbocycles. The molecule has 0 spiro atoms. The summed E-state index contributed by atoms with van der Waals surface area (Å²) in [6.07, 6.45) is 15.9. The van der Waals surface area contributed by atoms with Crippen LogP contribution in [0.25, 0.3) is 0 Å². The summed E-state index contributed by atoms with van der Waals surface area (Å²) in [5.74, 6) is -0.208. The first kappa shape index (κ1) is 37.4. The molecule has 5 N–H and O–H groups in total. The molecule has 1 amide bonds. The number of fused-ring (bicyclic) bond motifs is 2. The molecule has 0 aromatic heterocycles. The number of carbonyl (C=O) groups excluding carboxylic acids is 1. The highest BCUT2D eigenvalue weighted by Gasteiger charge is 2.38. The van der Waals surface area contributed by atoms with Gasteiger partial charge in [0.05, 0.1) is 6.42 Å². The lowest BCUT2D eigenvalue weighted by molar-refractivity contribution is -0.437. The molecule has 0 fully saturated rings. The number of hydrogen-bond donors (Lipinski definition) is 5. The number of para-hydroxylation sites is 2. The number of aromatic hydroxyl groups is 2. The number of likely N-dealkylation sites (N-methyl/N-ethyl adjacent to an activating group) is 1. The Balaban J connectivity index is 1.02. The number of allylic oxidation sites excluding steroid dienone is 6. The number of phenols is 2. The first-order valence-corrected chi connectivity index (χ1v) is 18.5. The van der Waals surface area contributed by atoms with E-state index in [4.69, 9.17) is 12.2 Å². The van der Waals surface area contributed by atoms with Gasteiger partial charge in [0, 0.05) is 73.5 Å². The van der Waals surface area contributed by atoms with E-state index in [0.29, 0.717) is 37.6 Å². The third-order valence-corrected chi connectivity index (χ3v) is 9.93. The van der Waals surface area contributed by atoms with Gasteiger partial charge in [-0.15, -0.1) is 0 Å². The summed E-state index contributed by atoms with van der Waals surface area (Å²) < 4.78 is 2.44. The maximum Gasteiger partial charge on any atom is 0.220 e. The van der Waals surface area contributed by atoms with Crippen molar-refractivity contribution in [1.29, 1.82) is 0 Å². The Morgan fingerprint density at radius 3 is 2.49 bits per heavy atom. The van der Waals surface area contributed by atoms with Gasteiger partial charge >= 0.3 is 0 Å². The van der Waals surface area contributed by atoms with Crippen molar-refractivity contribution in [3.63, 3.8) is 0 Å². The molecule has 9 heteroatoms. The summed E-state index contributed by atoms with van der Waals surface area (Å²) in [5.41, 5.74) is 8.80. The molecular weight excluding hydrogens is 655 g/mol. The second-order valence-electron chi connectivity index (χ2n) is 13.5. The Labute approximate surface area is 308 Å². The average molecular weight is 707 g/mol. The molecule has 2 aliphatic rings. The van der Waals surface area contributed by atoms with Gasteiger partial charge in [0.2, 0.25) is 11.6 Å². The number of nitrogens with zero attached hydrogens (tertiary/aromatic N) is 2. The van der Waals surface area contributed by atoms with Crippen LogP contribution in [-0.4, -0.2) is 64.2 Å². The number of phenolic OH excluding ortho intramolecular Hbond substituents is 2. The minimum Gasteiger partial charge on any atom is -0.504 e. The maximum absolute atomic E-state index is 12.4. The molecule has 0 atom stereocenters. The van der Waals surface area contributed by atoms with E-state index in [1.165, 1.54) is 46.0 Å². The minimum absolute atomic E-state index is 0.0337. The Morgan fingerprint density at radius 1 is 0.902 bits per heavy atom. The predicted octanol–water partition coefficient (Wildman–Crippen LogP) is 6.94. The molecule has 2 heterocycles. The first-order chi connectivity index (χ1) is 24.7. The number of rotatable bonds is 16. The van der Waals surface area contributed by atoms with Gasteiger partial charge < -0.3 is 31.1 Å². The lowest BCUT2D eigenvalue weighted by Crippen LogP contribution is -2.40. The first-order valence-electron chi connectivity index (χ1n) is 18.1.